The summed E-state index contributed by atoms with van der Waals surface area (Å²) in [6.07, 6.45) is 0.364. The lowest BCUT2D eigenvalue weighted by Crippen LogP contribution is -2.45. The molecule has 0 aliphatic carbocycles. The molecule has 1 atom stereocenters. The molecule has 3 aromatic rings. The molecular formula is C23H21N3O4S. The third kappa shape index (κ3) is 4.49. The molecule has 0 fully saturated rings. The van der Waals surface area contributed by atoms with Crippen molar-refractivity contribution in [1.82, 2.24) is 9.88 Å². The molecule has 0 saturated carbocycles. The number of nitrogens with zero attached hydrogens (tertiary/aromatic N) is 2. The Morgan fingerprint density at radius 2 is 1.90 bits per heavy atom. The van der Waals surface area contributed by atoms with Gasteiger partial charge in [0.2, 0.25) is 5.91 Å². The number of carbonyl (C=O) groups excluding carboxylic acids is 3. The molecule has 158 valence electrons. The monoisotopic (exact) mass is 435 g/mol. The van der Waals surface area contributed by atoms with Crippen LogP contribution in [0.3, 0.4) is 0 Å². The molecule has 1 N–H and O–H groups in total. The zero-order chi connectivity index (χ0) is 21.8. The maximum atomic E-state index is 13.3. The summed E-state index contributed by atoms with van der Waals surface area (Å²) in [7, 11) is 0. The van der Waals surface area contributed by atoms with Crippen molar-refractivity contribution in [3.8, 4) is 0 Å². The van der Waals surface area contributed by atoms with Gasteiger partial charge in [0.1, 0.15) is 6.04 Å². The van der Waals surface area contributed by atoms with Gasteiger partial charge in [-0.2, -0.15) is 0 Å². The van der Waals surface area contributed by atoms with Crippen LogP contribution in [0.15, 0.2) is 60.0 Å². The zero-order valence-corrected chi connectivity index (χ0v) is 17.7. The fraction of sp³-hybridized carbons (Fsp3) is 0.217. The van der Waals surface area contributed by atoms with Gasteiger partial charge in [0.05, 0.1) is 6.61 Å². The first kappa shape index (κ1) is 20.7. The predicted molar refractivity (Wildman–Crippen MR) is 117 cm³/mol. The molecule has 2 amide bonds. The van der Waals surface area contributed by atoms with Crippen LogP contribution in [-0.4, -0.2) is 40.3 Å². The molecule has 1 aliphatic heterocycles. The first-order valence-corrected chi connectivity index (χ1v) is 10.8. The number of nitrogens with one attached hydrogen (secondary N) is 1. The molecule has 1 aliphatic rings. The van der Waals surface area contributed by atoms with E-state index in [4.69, 9.17) is 4.74 Å². The third-order valence-electron chi connectivity index (χ3n) is 5.02. The largest absolute Gasteiger partial charge is 0.461 e. The molecule has 4 rings (SSSR count). The van der Waals surface area contributed by atoms with Crippen molar-refractivity contribution in [3.63, 3.8) is 0 Å². The molecule has 0 bridgehead atoms. The van der Waals surface area contributed by atoms with E-state index in [0.717, 1.165) is 22.5 Å². The Morgan fingerprint density at radius 3 is 2.65 bits per heavy atom. The van der Waals surface area contributed by atoms with Crippen molar-refractivity contribution in [1.29, 1.82) is 0 Å². The van der Waals surface area contributed by atoms with E-state index in [9.17, 15) is 14.4 Å². The summed E-state index contributed by atoms with van der Waals surface area (Å²) in [6, 6.07) is 16.2. The Hall–Kier alpha value is -3.52. The maximum Gasteiger partial charge on any atom is 0.357 e. The molecule has 2 heterocycles. The Balaban J connectivity index is 1.57. The van der Waals surface area contributed by atoms with Crippen LogP contribution >= 0.6 is 11.3 Å². The van der Waals surface area contributed by atoms with E-state index in [0.29, 0.717) is 18.5 Å². The molecule has 8 heteroatoms. The summed E-state index contributed by atoms with van der Waals surface area (Å²) in [5, 5.41) is 4.60. The van der Waals surface area contributed by atoms with Crippen LogP contribution in [0.4, 0.5) is 5.13 Å². The highest BCUT2D eigenvalue weighted by Gasteiger charge is 2.36. The summed E-state index contributed by atoms with van der Waals surface area (Å²) in [4.78, 5) is 43.9. The smallest absolute Gasteiger partial charge is 0.357 e. The number of aromatic nitrogens is 1. The van der Waals surface area contributed by atoms with Gasteiger partial charge in [0, 0.05) is 23.9 Å². The number of anilines is 1. The predicted octanol–water partition coefficient (Wildman–Crippen LogP) is 3.53. The SMILES string of the molecule is CCOC(=O)c1csc(NC(=O)[C@H](Cc2ccccc2)N2Cc3ccccc3C2=O)n1. The average Bonchev–Trinajstić information content (AvgIpc) is 3.38. The highest BCUT2D eigenvalue weighted by molar-refractivity contribution is 7.14. The normalized spacial score (nSPS) is 13.6. The average molecular weight is 436 g/mol. The number of rotatable bonds is 7. The van der Waals surface area contributed by atoms with Crippen LogP contribution in [0.2, 0.25) is 0 Å². The van der Waals surface area contributed by atoms with E-state index in [-0.39, 0.29) is 29.2 Å². The van der Waals surface area contributed by atoms with E-state index in [1.807, 2.05) is 48.5 Å². The molecule has 0 radical (unpaired) electrons. The third-order valence-corrected chi connectivity index (χ3v) is 5.78. The van der Waals surface area contributed by atoms with E-state index in [1.165, 1.54) is 5.38 Å². The minimum atomic E-state index is -0.725. The summed E-state index contributed by atoms with van der Waals surface area (Å²) in [6.45, 7) is 2.33. The van der Waals surface area contributed by atoms with Crippen molar-refractivity contribution < 1.29 is 19.1 Å². The first-order valence-electron chi connectivity index (χ1n) is 9.93. The molecule has 2 aromatic carbocycles. The van der Waals surface area contributed by atoms with Crippen LogP contribution in [-0.2, 0) is 22.5 Å². The second kappa shape index (κ2) is 9.09. The van der Waals surface area contributed by atoms with Gasteiger partial charge >= 0.3 is 5.97 Å². The standard InChI is InChI=1S/C23H21N3O4S/c1-2-30-22(29)18-14-31-23(24-18)25-20(27)19(12-15-8-4-3-5-9-15)26-13-16-10-6-7-11-17(16)21(26)28/h3-11,14,19H,2,12-13H2,1H3,(H,24,25,27)/t19-/m0/s1. The number of thiazole rings is 1. The highest BCUT2D eigenvalue weighted by Crippen LogP contribution is 2.27. The van der Waals surface area contributed by atoms with E-state index in [2.05, 4.69) is 10.3 Å². The molecule has 31 heavy (non-hydrogen) atoms. The van der Waals surface area contributed by atoms with Crippen molar-refractivity contribution in [2.45, 2.75) is 25.9 Å². The number of ether oxygens (including phenoxy) is 1. The van der Waals surface area contributed by atoms with Crippen LogP contribution in [0.25, 0.3) is 0 Å². The Bertz CT molecular complexity index is 1110. The second-order valence-electron chi connectivity index (χ2n) is 7.04. The number of carbonyl (C=O) groups is 3. The molecular weight excluding hydrogens is 414 g/mol. The number of hydrogen-bond donors (Lipinski definition) is 1. The van der Waals surface area contributed by atoms with E-state index >= 15 is 0 Å². The minimum Gasteiger partial charge on any atom is -0.461 e. The van der Waals surface area contributed by atoms with Gasteiger partial charge in [-0.15, -0.1) is 11.3 Å². The quantitative estimate of drug-likeness (QED) is 0.574. The number of esters is 1. The Kier molecular flexibility index (Phi) is 6.08. The van der Waals surface area contributed by atoms with E-state index < -0.39 is 12.0 Å². The molecule has 0 saturated heterocycles. The maximum absolute atomic E-state index is 13.3. The molecule has 1 aromatic heterocycles. The summed E-state index contributed by atoms with van der Waals surface area (Å²) < 4.78 is 4.94. The number of amides is 2. The van der Waals surface area contributed by atoms with Crippen LogP contribution in [0, 0.1) is 0 Å². The zero-order valence-electron chi connectivity index (χ0n) is 16.9. The lowest BCUT2D eigenvalue weighted by molar-refractivity contribution is -0.120. The van der Waals surface area contributed by atoms with Gasteiger partial charge in [-0.25, -0.2) is 9.78 Å². The number of hydrogen-bond acceptors (Lipinski definition) is 6. The highest BCUT2D eigenvalue weighted by atomic mass is 32.1. The van der Waals surface area contributed by atoms with Gasteiger partial charge in [0.25, 0.3) is 5.91 Å². The van der Waals surface area contributed by atoms with Gasteiger partial charge in [-0.1, -0.05) is 48.5 Å². The van der Waals surface area contributed by atoms with Gasteiger partial charge < -0.3 is 15.0 Å². The van der Waals surface area contributed by atoms with Gasteiger partial charge in [-0.05, 0) is 24.1 Å². The lowest BCUT2D eigenvalue weighted by atomic mass is 10.0. The summed E-state index contributed by atoms with van der Waals surface area (Å²) >= 11 is 1.14. The fourth-order valence-corrected chi connectivity index (χ4v) is 4.21. The fourth-order valence-electron chi connectivity index (χ4n) is 3.53. The Morgan fingerprint density at radius 1 is 1.16 bits per heavy atom. The lowest BCUT2D eigenvalue weighted by Gasteiger charge is -2.26. The molecule has 7 nitrogen and oxygen atoms in total. The first-order chi connectivity index (χ1) is 15.1. The van der Waals surface area contributed by atoms with Crippen molar-refractivity contribution >= 4 is 34.3 Å². The Labute approximate surface area is 183 Å². The molecule has 0 spiro atoms. The van der Waals surface area contributed by atoms with Crippen LogP contribution < -0.4 is 5.32 Å². The summed E-state index contributed by atoms with van der Waals surface area (Å²) in [5.41, 5.74) is 2.61. The van der Waals surface area contributed by atoms with Crippen molar-refractivity contribution in [3.05, 3.63) is 82.4 Å². The van der Waals surface area contributed by atoms with Crippen LogP contribution in [0.1, 0.15) is 38.9 Å². The van der Waals surface area contributed by atoms with Gasteiger partial charge in [0.15, 0.2) is 10.8 Å². The number of benzene rings is 2. The second-order valence-corrected chi connectivity index (χ2v) is 7.90. The summed E-state index contributed by atoms with van der Waals surface area (Å²) in [5.74, 6) is -1.06. The van der Waals surface area contributed by atoms with Crippen molar-refractivity contribution in [2.24, 2.45) is 0 Å². The van der Waals surface area contributed by atoms with Gasteiger partial charge in [-0.3, -0.25) is 9.59 Å². The van der Waals surface area contributed by atoms with E-state index in [1.54, 1.807) is 17.9 Å². The van der Waals surface area contributed by atoms with Crippen LogP contribution in [0.5, 0.6) is 0 Å². The minimum absolute atomic E-state index is 0.145. The topological polar surface area (TPSA) is 88.6 Å². The molecule has 0 unspecified atom stereocenters. The number of fused-ring (bicyclic) bond motifs is 1. The van der Waals surface area contributed by atoms with Crippen molar-refractivity contribution in [2.75, 3.05) is 11.9 Å².